The second-order valence-electron chi connectivity index (χ2n) is 7.03. The van der Waals surface area contributed by atoms with Crippen LogP contribution in [-0.4, -0.2) is 73.6 Å². The standard InChI is InChI=1S/C20H28N6S/c1-21-20(23-8-10-24-9-5-18-17(16-24)6-15-27-18)26-13-11-25(12-14-26)19-4-2-3-7-22-19/h2-4,6-7,15H,5,8-14,16H2,1H3,(H,21,23). The van der Waals surface area contributed by atoms with E-state index in [9.17, 15) is 0 Å². The maximum Gasteiger partial charge on any atom is 0.193 e. The summed E-state index contributed by atoms with van der Waals surface area (Å²) in [7, 11) is 1.88. The largest absolute Gasteiger partial charge is 0.355 e. The Bertz CT molecular complexity index is 751. The highest BCUT2D eigenvalue weighted by Crippen LogP contribution is 2.23. The number of thiophene rings is 1. The SMILES string of the molecule is CN=C(NCCN1CCc2sccc2C1)N1CCN(c2ccccn2)CC1. The third-order valence-corrected chi connectivity index (χ3v) is 6.39. The van der Waals surface area contributed by atoms with Crippen molar-refractivity contribution < 1.29 is 0 Å². The lowest BCUT2D eigenvalue weighted by Gasteiger charge is -2.37. The first kappa shape index (κ1) is 18.3. The fraction of sp³-hybridized carbons (Fsp3) is 0.500. The minimum atomic E-state index is 0.937. The van der Waals surface area contributed by atoms with Crippen LogP contribution in [-0.2, 0) is 13.0 Å². The molecule has 0 unspecified atom stereocenters. The number of guanidine groups is 1. The number of piperazine rings is 1. The lowest BCUT2D eigenvalue weighted by atomic mass is 10.1. The van der Waals surface area contributed by atoms with Gasteiger partial charge >= 0.3 is 0 Å². The fourth-order valence-corrected chi connectivity index (χ4v) is 4.73. The van der Waals surface area contributed by atoms with Crippen LogP contribution in [0.15, 0.2) is 40.8 Å². The van der Waals surface area contributed by atoms with Gasteiger partial charge in [0.25, 0.3) is 0 Å². The number of nitrogens with zero attached hydrogens (tertiary/aromatic N) is 5. The first-order valence-electron chi connectivity index (χ1n) is 9.72. The predicted molar refractivity (Wildman–Crippen MR) is 113 cm³/mol. The van der Waals surface area contributed by atoms with Gasteiger partial charge in [-0.25, -0.2) is 4.98 Å². The molecule has 0 amide bonds. The van der Waals surface area contributed by atoms with Crippen molar-refractivity contribution in [1.82, 2.24) is 20.1 Å². The molecule has 0 saturated carbocycles. The molecular weight excluding hydrogens is 356 g/mol. The molecule has 0 bridgehead atoms. The molecule has 2 aliphatic heterocycles. The summed E-state index contributed by atoms with van der Waals surface area (Å²) < 4.78 is 0. The molecular formula is C20H28N6S. The molecule has 2 aromatic rings. The highest BCUT2D eigenvalue weighted by Gasteiger charge is 2.21. The van der Waals surface area contributed by atoms with Crippen LogP contribution in [0, 0.1) is 0 Å². The number of aromatic nitrogens is 1. The van der Waals surface area contributed by atoms with Crippen LogP contribution in [0.5, 0.6) is 0 Å². The van der Waals surface area contributed by atoms with E-state index >= 15 is 0 Å². The average molecular weight is 385 g/mol. The molecule has 0 spiro atoms. The van der Waals surface area contributed by atoms with Crippen LogP contribution in [0.2, 0.25) is 0 Å². The van der Waals surface area contributed by atoms with E-state index in [1.807, 2.05) is 30.6 Å². The van der Waals surface area contributed by atoms with Crippen molar-refractivity contribution in [2.45, 2.75) is 13.0 Å². The van der Waals surface area contributed by atoms with Crippen molar-refractivity contribution in [3.63, 3.8) is 0 Å². The number of nitrogens with one attached hydrogen (secondary N) is 1. The molecule has 0 aliphatic carbocycles. The summed E-state index contributed by atoms with van der Waals surface area (Å²) in [4.78, 5) is 17.8. The maximum atomic E-state index is 4.50. The summed E-state index contributed by atoms with van der Waals surface area (Å²) in [6.07, 6.45) is 3.05. The monoisotopic (exact) mass is 384 g/mol. The van der Waals surface area contributed by atoms with E-state index in [-0.39, 0.29) is 0 Å². The van der Waals surface area contributed by atoms with Crippen LogP contribution in [0.4, 0.5) is 5.82 Å². The van der Waals surface area contributed by atoms with Gasteiger partial charge in [0.05, 0.1) is 0 Å². The number of fused-ring (bicyclic) bond motifs is 1. The molecule has 4 heterocycles. The second kappa shape index (κ2) is 8.71. The lowest BCUT2D eigenvalue weighted by Crippen LogP contribution is -2.53. The molecule has 6 nitrogen and oxygen atoms in total. The van der Waals surface area contributed by atoms with Crippen LogP contribution in [0.3, 0.4) is 0 Å². The quantitative estimate of drug-likeness (QED) is 0.644. The summed E-state index contributed by atoms with van der Waals surface area (Å²) >= 11 is 1.90. The smallest absolute Gasteiger partial charge is 0.193 e. The zero-order chi connectivity index (χ0) is 18.5. The van der Waals surface area contributed by atoms with E-state index in [0.29, 0.717) is 0 Å². The Labute approximate surface area is 165 Å². The molecule has 144 valence electrons. The van der Waals surface area contributed by atoms with E-state index in [1.54, 1.807) is 4.88 Å². The van der Waals surface area contributed by atoms with Gasteiger partial charge in [-0.3, -0.25) is 9.89 Å². The van der Waals surface area contributed by atoms with Crippen LogP contribution >= 0.6 is 11.3 Å². The van der Waals surface area contributed by atoms with Crippen molar-refractivity contribution in [3.8, 4) is 0 Å². The van der Waals surface area contributed by atoms with E-state index in [2.05, 4.69) is 53.6 Å². The number of hydrogen-bond donors (Lipinski definition) is 1. The van der Waals surface area contributed by atoms with Crippen LogP contribution in [0.1, 0.15) is 10.4 Å². The van der Waals surface area contributed by atoms with Gasteiger partial charge in [-0.05, 0) is 35.6 Å². The Morgan fingerprint density at radius 3 is 2.85 bits per heavy atom. The number of pyridine rings is 1. The highest BCUT2D eigenvalue weighted by atomic mass is 32.1. The Morgan fingerprint density at radius 2 is 2.07 bits per heavy atom. The van der Waals surface area contributed by atoms with E-state index < -0.39 is 0 Å². The molecule has 1 fully saturated rings. The van der Waals surface area contributed by atoms with Gasteiger partial charge in [-0.2, -0.15) is 0 Å². The second-order valence-corrected chi connectivity index (χ2v) is 8.03. The number of aliphatic imine (C=N–C) groups is 1. The van der Waals surface area contributed by atoms with Gasteiger partial charge in [0.15, 0.2) is 5.96 Å². The Balaban J connectivity index is 1.22. The number of rotatable bonds is 4. The zero-order valence-corrected chi connectivity index (χ0v) is 16.8. The number of anilines is 1. The third kappa shape index (κ3) is 4.42. The first-order chi connectivity index (χ1) is 13.3. The van der Waals surface area contributed by atoms with Crippen molar-refractivity contribution in [2.75, 3.05) is 57.8 Å². The average Bonchev–Trinajstić information content (AvgIpc) is 3.20. The molecule has 0 atom stereocenters. The van der Waals surface area contributed by atoms with Crippen LogP contribution in [0.25, 0.3) is 0 Å². The molecule has 4 rings (SSSR count). The van der Waals surface area contributed by atoms with E-state index in [0.717, 1.165) is 64.1 Å². The Hall–Kier alpha value is -2.12. The molecule has 27 heavy (non-hydrogen) atoms. The molecule has 2 aliphatic rings. The Morgan fingerprint density at radius 1 is 1.19 bits per heavy atom. The van der Waals surface area contributed by atoms with Gasteiger partial charge in [-0.15, -0.1) is 11.3 Å². The summed E-state index contributed by atoms with van der Waals surface area (Å²) in [5.74, 6) is 2.09. The summed E-state index contributed by atoms with van der Waals surface area (Å²) in [5.41, 5.74) is 1.52. The van der Waals surface area contributed by atoms with Gasteiger partial charge in [-0.1, -0.05) is 6.07 Å². The Kier molecular flexibility index (Phi) is 5.89. The molecule has 0 radical (unpaired) electrons. The minimum Gasteiger partial charge on any atom is -0.355 e. The predicted octanol–water partition coefficient (Wildman–Crippen LogP) is 1.90. The number of hydrogen-bond acceptors (Lipinski definition) is 5. The lowest BCUT2D eigenvalue weighted by molar-refractivity contribution is 0.258. The molecule has 2 aromatic heterocycles. The van der Waals surface area contributed by atoms with Crippen molar-refractivity contribution in [3.05, 3.63) is 46.3 Å². The molecule has 1 saturated heterocycles. The van der Waals surface area contributed by atoms with E-state index in [4.69, 9.17) is 0 Å². The zero-order valence-electron chi connectivity index (χ0n) is 16.0. The van der Waals surface area contributed by atoms with E-state index in [1.165, 1.54) is 12.0 Å². The summed E-state index contributed by atoms with van der Waals surface area (Å²) in [6, 6.07) is 8.38. The minimum absolute atomic E-state index is 0.937. The van der Waals surface area contributed by atoms with Gasteiger partial charge in [0.1, 0.15) is 5.82 Å². The van der Waals surface area contributed by atoms with Crippen molar-refractivity contribution >= 4 is 23.1 Å². The topological polar surface area (TPSA) is 47.0 Å². The first-order valence-corrected chi connectivity index (χ1v) is 10.6. The molecule has 7 heteroatoms. The third-order valence-electron chi connectivity index (χ3n) is 5.36. The summed E-state index contributed by atoms with van der Waals surface area (Å²) in [5, 5.41) is 5.78. The van der Waals surface area contributed by atoms with Gasteiger partial charge in [0.2, 0.25) is 0 Å². The molecule has 1 N–H and O–H groups in total. The van der Waals surface area contributed by atoms with Gasteiger partial charge in [0, 0.05) is 70.5 Å². The van der Waals surface area contributed by atoms with Crippen molar-refractivity contribution in [1.29, 1.82) is 0 Å². The van der Waals surface area contributed by atoms with Crippen molar-refractivity contribution in [2.24, 2.45) is 4.99 Å². The highest BCUT2D eigenvalue weighted by molar-refractivity contribution is 7.10. The molecule has 0 aromatic carbocycles. The normalized spacial score (nSPS) is 18.5. The van der Waals surface area contributed by atoms with Gasteiger partial charge < -0.3 is 15.1 Å². The summed E-state index contributed by atoms with van der Waals surface area (Å²) in [6.45, 7) is 8.14. The van der Waals surface area contributed by atoms with Crippen LogP contribution < -0.4 is 10.2 Å². The fourth-order valence-electron chi connectivity index (χ4n) is 3.84. The maximum absolute atomic E-state index is 4.50.